The second-order valence-electron chi connectivity index (χ2n) is 16.7. The summed E-state index contributed by atoms with van der Waals surface area (Å²) >= 11 is 2.77. The van der Waals surface area contributed by atoms with Crippen LogP contribution in [0.25, 0.3) is 0 Å². The molecule has 16 nitrogen and oxygen atoms in total. The molecule has 4 aliphatic rings. The zero-order valence-corrected chi connectivity index (χ0v) is 37.9. The third-order valence-corrected chi connectivity index (χ3v) is 12.5. The van der Waals surface area contributed by atoms with Crippen LogP contribution in [0.3, 0.4) is 0 Å². The molecule has 18 heteroatoms. The maximum Gasteiger partial charge on any atom is 0.410 e. The van der Waals surface area contributed by atoms with Gasteiger partial charge < -0.3 is 24.8 Å². The van der Waals surface area contributed by atoms with Crippen LogP contribution in [0.4, 0.5) is 38.1 Å². The minimum absolute atomic E-state index is 0.186. The number of rotatable bonds is 8. The van der Waals surface area contributed by atoms with Gasteiger partial charge in [0.1, 0.15) is 17.2 Å². The molecule has 0 bridgehead atoms. The Morgan fingerprint density at radius 1 is 0.631 bits per heavy atom. The highest BCUT2D eigenvalue weighted by molar-refractivity contribution is 7.14. The standard InChI is InChI=1S/C26H28N6O3S.C21H20N6OS/c1-26(2,3)35-25(34)32-12-10-31(11-13-32)21-8-7-18(16-28-21)20-15-17-5-4-6-19(22(17)29-20)23(33)30-24-27-9-14-36-24;28-20(26-21-23-8-11-29-21)16-3-1-2-14-12-17(25-19(14)16)15-4-5-18(24-13-15)27-9-6-22-7-10-27/h4-9,14,16H,10-13,15H2,1-3H3,(H,27,30,33);1-5,8,11,13,22H,6-7,9-10,12H2,(H,23,26,28). The Morgan fingerprint density at radius 2 is 1.12 bits per heavy atom. The molecule has 0 atom stereocenters. The first-order valence-corrected chi connectivity index (χ1v) is 23.2. The van der Waals surface area contributed by atoms with E-state index in [2.05, 4.69) is 57.8 Å². The molecule has 3 N–H and O–H groups in total. The topological polar surface area (TPSA) is 183 Å². The first-order chi connectivity index (χ1) is 31.5. The molecule has 4 aromatic heterocycles. The van der Waals surface area contributed by atoms with Gasteiger partial charge in [0.2, 0.25) is 0 Å². The molecule has 332 valence electrons. The summed E-state index contributed by atoms with van der Waals surface area (Å²) in [5.41, 5.74) is 7.84. The fourth-order valence-corrected chi connectivity index (χ4v) is 8.91. The predicted molar refractivity (Wildman–Crippen MR) is 256 cm³/mol. The largest absolute Gasteiger partial charge is 0.444 e. The number of hydrogen-bond donors (Lipinski definition) is 3. The number of piperazine rings is 2. The summed E-state index contributed by atoms with van der Waals surface area (Å²) < 4.78 is 5.48. The molecule has 0 radical (unpaired) electrons. The third-order valence-electron chi connectivity index (χ3n) is 11.1. The van der Waals surface area contributed by atoms with Gasteiger partial charge in [-0.15, -0.1) is 22.7 Å². The summed E-state index contributed by atoms with van der Waals surface area (Å²) in [4.78, 5) is 71.2. The van der Waals surface area contributed by atoms with Gasteiger partial charge >= 0.3 is 6.09 Å². The summed E-state index contributed by atoms with van der Waals surface area (Å²) in [6.07, 6.45) is 8.11. The fraction of sp³-hybridized carbons (Fsp3) is 0.298. The van der Waals surface area contributed by atoms with Gasteiger partial charge in [-0.05, 0) is 68.3 Å². The molecule has 10 rings (SSSR count). The number of thiazole rings is 2. The maximum absolute atomic E-state index is 12.8. The predicted octanol–water partition coefficient (Wildman–Crippen LogP) is 7.40. The highest BCUT2D eigenvalue weighted by Crippen LogP contribution is 2.35. The van der Waals surface area contributed by atoms with Crippen LogP contribution in [0.2, 0.25) is 0 Å². The highest BCUT2D eigenvalue weighted by Gasteiger charge is 2.28. The van der Waals surface area contributed by atoms with Crippen molar-refractivity contribution in [3.05, 3.63) is 130 Å². The van der Waals surface area contributed by atoms with E-state index in [1.54, 1.807) is 29.4 Å². The van der Waals surface area contributed by atoms with Crippen molar-refractivity contribution in [2.75, 3.05) is 72.8 Å². The molecule has 2 aromatic carbocycles. The molecule has 65 heavy (non-hydrogen) atoms. The van der Waals surface area contributed by atoms with Crippen LogP contribution in [0.1, 0.15) is 63.7 Å². The van der Waals surface area contributed by atoms with Crippen LogP contribution in [-0.2, 0) is 17.6 Å². The van der Waals surface area contributed by atoms with Gasteiger partial charge in [0, 0.05) is 112 Å². The lowest BCUT2D eigenvalue weighted by Crippen LogP contribution is -2.50. The Kier molecular flexibility index (Phi) is 12.7. The second-order valence-corrected chi connectivity index (χ2v) is 18.5. The van der Waals surface area contributed by atoms with Gasteiger partial charge in [-0.3, -0.25) is 30.2 Å². The van der Waals surface area contributed by atoms with Gasteiger partial charge in [0.15, 0.2) is 10.3 Å². The average molecular weight is 909 g/mol. The Bertz CT molecular complexity index is 2720. The van der Waals surface area contributed by atoms with E-state index in [-0.39, 0.29) is 17.9 Å². The van der Waals surface area contributed by atoms with Crippen molar-refractivity contribution < 1.29 is 19.1 Å². The monoisotopic (exact) mass is 908 g/mol. The molecule has 2 saturated heterocycles. The summed E-state index contributed by atoms with van der Waals surface area (Å²) in [5.74, 6) is 1.46. The average Bonchev–Trinajstić information content (AvgIpc) is 4.17. The number of aliphatic imine (C=N–C) groups is 2. The molecular weight excluding hydrogens is 861 g/mol. The van der Waals surface area contributed by atoms with Crippen molar-refractivity contribution in [1.29, 1.82) is 0 Å². The van der Waals surface area contributed by atoms with Crippen LogP contribution in [-0.4, -0.2) is 112 Å². The Hall–Kier alpha value is -6.89. The van der Waals surface area contributed by atoms with Crippen LogP contribution in [0.15, 0.2) is 106 Å². The normalized spacial score (nSPS) is 15.5. The molecule has 0 saturated carbocycles. The van der Waals surface area contributed by atoms with Gasteiger partial charge in [0.05, 0.1) is 33.9 Å². The van der Waals surface area contributed by atoms with E-state index in [9.17, 15) is 14.4 Å². The third kappa shape index (κ3) is 10.2. The van der Waals surface area contributed by atoms with Gasteiger partial charge in [-0.25, -0.2) is 24.7 Å². The number of anilines is 4. The summed E-state index contributed by atoms with van der Waals surface area (Å²) in [5, 5.41) is 13.8. The summed E-state index contributed by atoms with van der Waals surface area (Å²) in [7, 11) is 0. The lowest BCUT2D eigenvalue weighted by Gasteiger charge is -2.36. The molecule has 8 heterocycles. The number of benzene rings is 2. The summed E-state index contributed by atoms with van der Waals surface area (Å²) in [6.45, 7) is 12.1. The smallest absolute Gasteiger partial charge is 0.410 e. The van der Waals surface area contributed by atoms with Crippen molar-refractivity contribution in [3.8, 4) is 0 Å². The van der Waals surface area contributed by atoms with Crippen LogP contribution >= 0.6 is 22.7 Å². The molecule has 4 aliphatic heterocycles. The van der Waals surface area contributed by atoms with E-state index in [0.717, 1.165) is 77.2 Å². The minimum atomic E-state index is -0.500. The zero-order chi connectivity index (χ0) is 44.9. The lowest BCUT2D eigenvalue weighted by molar-refractivity contribution is 0.0240. The van der Waals surface area contributed by atoms with Crippen LogP contribution in [0.5, 0.6) is 0 Å². The Balaban J connectivity index is 0.000000168. The van der Waals surface area contributed by atoms with Gasteiger partial charge in [-0.2, -0.15) is 0 Å². The molecular formula is C47H48N12O4S2. The quantitative estimate of drug-likeness (QED) is 0.138. The molecule has 3 amide bonds. The molecule has 0 spiro atoms. The Labute approximate surface area is 384 Å². The number of ether oxygens (including phenoxy) is 1. The van der Waals surface area contributed by atoms with Gasteiger partial charge in [0.25, 0.3) is 11.8 Å². The van der Waals surface area contributed by atoms with E-state index >= 15 is 0 Å². The number of para-hydroxylation sites is 2. The first-order valence-electron chi connectivity index (χ1n) is 21.5. The maximum atomic E-state index is 12.8. The highest BCUT2D eigenvalue weighted by atomic mass is 32.1. The molecule has 2 fully saturated rings. The number of pyridine rings is 2. The first kappa shape index (κ1) is 43.4. The van der Waals surface area contributed by atoms with Crippen LogP contribution < -0.4 is 25.8 Å². The number of nitrogens with one attached hydrogen (secondary N) is 3. The van der Waals surface area contributed by atoms with Crippen molar-refractivity contribution in [2.45, 2.75) is 39.2 Å². The second kappa shape index (κ2) is 19.1. The van der Waals surface area contributed by atoms with E-state index < -0.39 is 5.60 Å². The number of carbonyl (C=O) groups is 3. The van der Waals surface area contributed by atoms with Crippen molar-refractivity contribution >= 4 is 85.3 Å². The number of carbonyl (C=O) groups excluding carboxylic acids is 3. The lowest BCUT2D eigenvalue weighted by atomic mass is 10.0. The minimum Gasteiger partial charge on any atom is -0.444 e. The van der Waals surface area contributed by atoms with E-state index in [1.807, 2.05) is 80.3 Å². The number of nitrogens with zero attached hydrogens (tertiary/aromatic N) is 9. The fourth-order valence-electron chi connectivity index (χ4n) is 7.87. The molecule has 0 aliphatic carbocycles. The van der Waals surface area contributed by atoms with Crippen molar-refractivity contribution in [1.82, 2.24) is 30.2 Å². The molecule has 0 unspecified atom stereocenters. The summed E-state index contributed by atoms with van der Waals surface area (Å²) in [6, 6.07) is 19.5. The van der Waals surface area contributed by atoms with Crippen LogP contribution in [0, 0.1) is 0 Å². The number of fused-ring (bicyclic) bond motifs is 2. The van der Waals surface area contributed by atoms with E-state index in [0.29, 0.717) is 66.1 Å². The SMILES string of the molecule is CC(C)(C)OC(=O)N1CCN(c2ccc(C3=Nc4c(cccc4C(=O)Nc4nccs4)C3)cn2)CC1.O=C(Nc1nccs1)c1cccc2c1N=C(c1ccc(N3CCNCC3)nc1)C2. The number of amides is 3. The number of hydrogen-bond acceptors (Lipinski definition) is 15. The number of aromatic nitrogens is 4. The van der Waals surface area contributed by atoms with E-state index in [4.69, 9.17) is 14.7 Å². The molecule has 6 aromatic rings. The van der Waals surface area contributed by atoms with Gasteiger partial charge in [-0.1, -0.05) is 24.3 Å². The van der Waals surface area contributed by atoms with E-state index in [1.165, 1.54) is 22.7 Å². The van der Waals surface area contributed by atoms with Crippen molar-refractivity contribution in [3.63, 3.8) is 0 Å². The Morgan fingerprint density at radius 3 is 1.55 bits per heavy atom. The zero-order valence-electron chi connectivity index (χ0n) is 36.3. The van der Waals surface area contributed by atoms with Crippen molar-refractivity contribution in [2.24, 2.45) is 9.98 Å².